The summed E-state index contributed by atoms with van der Waals surface area (Å²) >= 11 is 0. The highest BCUT2D eigenvalue weighted by molar-refractivity contribution is 6.14. The van der Waals surface area contributed by atoms with Gasteiger partial charge in [0.1, 0.15) is 11.5 Å². The molecule has 2 aromatic carbocycles. The number of aromatic nitrogens is 1. The fourth-order valence-corrected chi connectivity index (χ4v) is 4.17. The minimum absolute atomic E-state index is 0.0225. The number of methoxy groups -OCH3 is 1. The van der Waals surface area contributed by atoms with Crippen LogP contribution >= 0.6 is 0 Å². The van der Waals surface area contributed by atoms with E-state index in [9.17, 15) is 19.2 Å². The lowest BCUT2D eigenvalue weighted by Crippen LogP contribution is -2.30. The van der Waals surface area contributed by atoms with E-state index in [2.05, 4.69) is 10.1 Å². The number of carboxylic acids is 1. The molecule has 1 aliphatic rings. The van der Waals surface area contributed by atoms with E-state index in [0.29, 0.717) is 6.54 Å². The molecule has 0 spiro atoms. The zero-order chi connectivity index (χ0) is 26.1. The van der Waals surface area contributed by atoms with Gasteiger partial charge in [0.15, 0.2) is 0 Å². The topological polar surface area (TPSA) is 131 Å². The van der Waals surface area contributed by atoms with E-state index in [1.807, 2.05) is 35.0 Å². The van der Waals surface area contributed by atoms with Crippen molar-refractivity contribution in [2.75, 3.05) is 7.11 Å². The lowest BCUT2D eigenvalue weighted by atomic mass is 10.1. The average Bonchev–Trinajstić information content (AvgIpc) is 3.58. The molecule has 10 heteroatoms. The van der Waals surface area contributed by atoms with Crippen LogP contribution in [-0.4, -0.2) is 45.6 Å². The van der Waals surface area contributed by atoms with Crippen LogP contribution in [0, 0.1) is 0 Å². The molecule has 5 rings (SSSR count). The fraction of sp³-hybridized carbons (Fsp3) is 0.111. The van der Waals surface area contributed by atoms with Crippen LogP contribution in [0.25, 0.3) is 17.0 Å². The molecule has 0 unspecified atom stereocenters. The molecule has 1 saturated heterocycles. The summed E-state index contributed by atoms with van der Waals surface area (Å²) in [7, 11) is 1.23. The molecule has 0 radical (unpaired) electrons. The summed E-state index contributed by atoms with van der Waals surface area (Å²) in [6, 6.07) is 16.6. The zero-order valence-corrected chi connectivity index (χ0v) is 19.6. The van der Waals surface area contributed by atoms with Crippen LogP contribution in [-0.2, 0) is 22.6 Å². The predicted octanol–water partition coefficient (Wildman–Crippen LogP) is 3.86. The van der Waals surface area contributed by atoms with Crippen molar-refractivity contribution in [3.8, 4) is 0 Å². The lowest BCUT2D eigenvalue weighted by molar-refractivity contribution is -0.123. The molecule has 2 N–H and O–H groups in total. The van der Waals surface area contributed by atoms with Crippen LogP contribution in [0.1, 0.15) is 37.8 Å². The summed E-state index contributed by atoms with van der Waals surface area (Å²) in [6.45, 7) is 0.337. The number of ether oxygens (including phenoxy) is 1. The molecule has 0 bridgehead atoms. The lowest BCUT2D eigenvalue weighted by Gasteiger charge is -2.09. The van der Waals surface area contributed by atoms with Gasteiger partial charge < -0.3 is 24.1 Å². The van der Waals surface area contributed by atoms with E-state index in [4.69, 9.17) is 9.52 Å². The number of para-hydroxylation sites is 1. The number of aromatic carboxylic acids is 1. The Kier molecular flexibility index (Phi) is 6.06. The SMILES string of the molecule is COC(=O)c1ccc(CN2C(=O)NC(=Cc3cn(Cc4ccc(C(=O)O)cc4)c4ccccc34)C2=O)o1. The number of hydrogen-bond donors (Lipinski definition) is 2. The van der Waals surface area contributed by atoms with Crippen molar-refractivity contribution in [2.45, 2.75) is 13.1 Å². The Bertz CT molecular complexity index is 1580. The third kappa shape index (κ3) is 4.59. The molecule has 0 atom stereocenters. The van der Waals surface area contributed by atoms with Crippen molar-refractivity contribution in [2.24, 2.45) is 0 Å². The Balaban J connectivity index is 1.40. The Labute approximate surface area is 210 Å². The molecular weight excluding hydrogens is 478 g/mol. The Morgan fingerprint density at radius 3 is 2.51 bits per heavy atom. The number of benzene rings is 2. The van der Waals surface area contributed by atoms with E-state index in [-0.39, 0.29) is 29.3 Å². The number of imide groups is 1. The maximum absolute atomic E-state index is 13.0. The minimum Gasteiger partial charge on any atom is -0.478 e. The van der Waals surface area contributed by atoms with Gasteiger partial charge in [-0.05, 0) is 42.0 Å². The monoisotopic (exact) mass is 499 g/mol. The van der Waals surface area contributed by atoms with Crippen LogP contribution in [0.15, 0.2) is 77.0 Å². The number of nitrogens with one attached hydrogen (secondary N) is 1. The quantitative estimate of drug-likeness (QED) is 0.224. The van der Waals surface area contributed by atoms with Gasteiger partial charge in [-0.15, -0.1) is 0 Å². The number of rotatable bonds is 7. The van der Waals surface area contributed by atoms with E-state index < -0.39 is 23.9 Å². The summed E-state index contributed by atoms with van der Waals surface area (Å²) in [5.41, 5.74) is 2.87. The van der Waals surface area contributed by atoms with Crippen LogP contribution < -0.4 is 5.32 Å². The van der Waals surface area contributed by atoms with Crippen molar-refractivity contribution in [3.05, 3.63) is 101 Å². The number of nitrogens with zero attached hydrogens (tertiary/aromatic N) is 2. The summed E-state index contributed by atoms with van der Waals surface area (Å²) in [6.07, 6.45) is 3.49. The number of hydrogen-bond acceptors (Lipinski definition) is 6. The number of carboxylic acid groups (broad SMARTS) is 1. The molecule has 186 valence electrons. The standard InChI is InChI=1S/C27H21N3O7/c1-36-26(34)23-11-10-19(37-23)15-30-24(31)21(28-27(30)35)12-18-14-29(22-5-3-2-4-20(18)22)13-16-6-8-17(9-7-16)25(32)33/h2-12,14H,13,15H2,1H3,(H,28,35)(H,32,33). The van der Waals surface area contributed by atoms with Crippen LogP contribution in [0.4, 0.5) is 4.79 Å². The number of esters is 1. The maximum Gasteiger partial charge on any atom is 0.373 e. The fourth-order valence-electron chi connectivity index (χ4n) is 4.17. The first kappa shape index (κ1) is 23.6. The molecule has 0 aliphatic carbocycles. The number of fused-ring (bicyclic) bond motifs is 1. The highest BCUT2D eigenvalue weighted by atomic mass is 16.5. The third-order valence-corrected chi connectivity index (χ3v) is 6.00. The van der Waals surface area contributed by atoms with Gasteiger partial charge in [-0.25, -0.2) is 14.4 Å². The third-order valence-electron chi connectivity index (χ3n) is 6.00. The first-order valence-electron chi connectivity index (χ1n) is 11.3. The van der Waals surface area contributed by atoms with Crippen LogP contribution in [0.3, 0.4) is 0 Å². The van der Waals surface area contributed by atoms with Gasteiger partial charge in [-0.3, -0.25) is 9.69 Å². The van der Waals surface area contributed by atoms with Gasteiger partial charge in [-0.1, -0.05) is 30.3 Å². The van der Waals surface area contributed by atoms with Gasteiger partial charge >= 0.3 is 18.0 Å². The van der Waals surface area contributed by atoms with E-state index in [1.54, 1.807) is 30.3 Å². The summed E-state index contributed by atoms with van der Waals surface area (Å²) in [5, 5.41) is 12.6. The molecular formula is C27H21N3O7. The van der Waals surface area contributed by atoms with Crippen molar-refractivity contribution < 1.29 is 33.4 Å². The second-order valence-corrected chi connectivity index (χ2v) is 8.37. The van der Waals surface area contributed by atoms with Crippen molar-refractivity contribution in [1.29, 1.82) is 0 Å². The molecule has 10 nitrogen and oxygen atoms in total. The molecule has 0 saturated carbocycles. The number of carbonyl (C=O) groups excluding carboxylic acids is 3. The van der Waals surface area contributed by atoms with Crippen molar-refractivity contribution in [3.63, 3.8) is 0 Å². The molecule has 3 amide bonds. The van der Waals surface area contributed by atoms with Gasteiger partial charge in [0, 0.05) is 29.2 Å². The number of furan rings is 1. The summed E-state index contributed by atoms with van der Waals surface area (Å²) < 4.78 is 12.0. The normalized spacial score (nSPS) is 14.4. The number of urea groups is 1. The van der Waals surface area contributed by atoms with E-state index in [1.165, 1.54) is 19.2 Å². The van der Waals surface area contributed by atoms with Crippen LogP contribution in [0.5, 0.6) is 0 Å². The predicted molar refractivity (Wildman–Crippen MR) is 132 cm³/mol. The Morgan fingerprint density at radius 2 is 1.78 bits per heavy atom. The smallest absolute Gasteiger partial charge is 0.373 e. The second-order valence-electron chi connectivity index (χ2n) is 8.37. The zero-order valence-electron chi connectivity index (χ0n) is 19.6. The average molecular weight is 499 g/mol. The van der Waals surface area contributed by atoms with Crippen molar-refractivity contribution >= 4 is 40.9 Å². The number of carbonyl (C=O) groups is 4. The van der Waals surface area contributed by atoms with E-state index >= 15 is 0 Å². The van der Waals surface area contributed by atoms with Crippen LogP contribution in [0.2, 0.25) is 0 Å². The molecule has 3 heterocycles. The minimum atomic E-state index is -0.986. The Morgan fingerprint density at radius 1 is 1.03 bits per heavy atom. The molecule has 1 fully saturated rings. The maximum atomic E-state index is 13.0. The molecule has 37 heavy (non-hydrogen) atoms. The first-order valence-corrected chi connectivity index (χ1v) is 11.3. The largest absolute Gasteiger partial charge is 0.478 e. The summed E-state index contributed by atoms with van der Waals surface area (Å²) in [5.74, 6) is -1.93. The number of amides is 3. The van der Waals surface area contributed by atoms with Gasteiger partial charge in [0.2, 0.25) is 5.76 Å². The second kappa shape index (κ2) is 9.50. The van der Waals surface area contributed by atoms with E-state index in [0.717, 1.165) is 26.9 Å². The highest BCUT2D eigenvalue weighted by Crippen LogP contribution is 2.26. The summed E-state index contributed by atoms with van der Waals surface area (Å²) in [4.78, 5) is 49.3. The highest BCUT2D eigenvalue weighted by Gasteiger charge is 2.34. The molecule has 1 aliphatic heterocycles. The Hall–Kier alpha value is -5.12. The van der Waals surface area contributed by atoms with Crippen molar-refractivity contribution in [1.82, 2.24) is 14.8 Å². The first-order chi connectivity index (χ1) is 17.8. The van der Waals surface area contributed by atoms with Gasteiger partial charge in [-0.2, -0.15) is 0 Å². The molecule has 2 aromatic heterocycles. The van der Waals surface area contributed by atoms with Gasteiger partial charge in [0.25, 0.3) is 5.91 Å². The molecule has 4 aromatic rings. The van der Waals surface area contributed by atoms with Gasteiger partial charge in [0.05, 0.1) is 19.2 Å².